The van der Waals surface area contributed by atoms with Crippen LogP contribution >= 0.6 is 0 Å². The molecule has 0 aliphatic carbocycles. The largest absolute Gasteiger partial charge is 0.497 e. The van der Waals surface area contributed by atoms with Gasteiger partial charge in [0.15, 0.2) is 0 Å². The normalized spacial score (nSPS) is 19.6. The molecule has 33 heavy (non-hydrogen) atoms. The standard InChI is InChI=1S/C24H25N5O4/c1-3-32-19-10-4-16(5-11-19)20-14-21-24(30)28(12-13-29(21)26-20)15-22-25-23(27-33-22)17-6-8-18(31-2)9-7-17/h4-13,20-21,26H,3,14-15H2,1-2H3. The molecule has 0 spiro atoms. The zero-order valence-corrected chi connectivity index (χ0v) is 18.5. The number of methoxy groups -OCH3 is 1. The van der Waals surface area contributed by atoms with Gasteiger partial charge in [0.05, 0.1) is 19.8 Å². The SMILES string of the molecule is CCOc1ccc(C2CC3C(=O)N(Cc4nc(-c5ccc(OC)cc5)no4)C=CN3N2)cc1. The number of amides is 1. The number of carbonyl (C=O) groups excluding carboxylic acids is 1. The molecule has 0 saturated carbocycles. The highest BCUT2D eigenvalue weighted by Crippen LogP contribution is 2.32. The summed E-state index contributed by atoms with van der Waals surface area (Å²) in [4.78, 5) is 19.2. The molecule has 170 valence electrons. The second-order valence-electron chi connectivity index (χ2n) is 7.85. The van der Waals surface area contributed by atoms with E-state index in [9.17, 15) is 4.79 Å². The van der Waals surface area contributed by atoms with Gasteiger partial charge in [-0.15, -0.1) is 0 Å². The molecule has 1 fully saturated rings. The number of ether oxygens (including phenoxy) is 2. The van der Waals surface area contributed by atoms with Crippen molar-refractivity contribution in [3.8, 4) is 22.9 Å². The van der Waals surface area contributed by atoms with E-state index < -0.39 is 0 Å². The minimum atomic E-state index is -0.296. The molecule has 2 unspecified atom stereocenters. The van der Waals surface area contributed by atoms with Crippen molar-refractivity contribution in [1.29, 1.82) is 0 Å². The van der Waals surface area contributed by atoms with E-state index in [4.69, 9.17) is 14.0 Å². The van der Waals surface area contributed by atoms with Gasteiger partial charge < -0.3 is 23.9 Å². The molecule has 2 atom stereocenters. The van der Waals surface area contributed by atoms with Crippen LogP contribution in [-0.2, 0) is 11.3 Å². The maximum Gasteiger partial charge on any atom is 0.251 e. The summed E-state index contributed by atoms with van der Waals surface area (Å²) in [5.41, 5.74) is 5.34. The number of nitrogens with one attached hydrogen (secondary N) is 1. The number of carbonyl (C=O) groups is 1. The van der Waals surface area contributed by atoms with E-state index in [1.807, 2.05) is 66.7 Å². The van der Waals surface area contributed by atoms with Crippen LogP contribution in [0.25, 0.3) is 11.4 Å². The molecule has 9 heteroatoms. The number of aromatic nitrogens is 2. The van der Waals surface area contributed by atoms with E-state index >= 15 is 0 Å². The lowest BCUT2D eigenvalue weighted by Gasteiger charge is -2.30. The van der Waals surface area contributed by atoms with Gasteiger partial charge in [-0.05, 0) is 55.3 Å². The molecule has 5 rings (SSSR count). The van der Waals surface area contributed by atoms with Gasteiger partial charge in [-0.1, -0.05) is 17.3 Å². The van der Waals surface area contributed by atoms with Crippen molar-refractivity contribution >= 4 is 5.91 Å². The van der Waals surface area contributed by atoms with E-state index in [0.29, 0.717) is 24.7 Å². The van der Waals surface area contributed by atoms with E-state index in [0.717, 1.165) is 22.6 Å². The Hall–Kier alpha value is -3.85. The molecule has 3 heterocycles. The quantitative estimate of drug-likeness (QED) is 0.590. The highest BCUT2D eigenvalue weighted by atomic mass is 16.5. The summed E-state index contributed by atoms with van der Waals surface area (Å²) in [5.74, 6) is 2.43. The minimum Gasteiger partial charge on any atom is -0.497 e. The predicted octanol–water partition coefficient (Wildman–Crippen LogP) is 3.28. The predicted molar refractivity (Wildman–Crippen MR) is 120 cm³/mol. The molecule has 2 aliphatic heterocycles. The number of hydrazine groups is 1. The van der Waals surface area contributed by atoms with Crippen molar-refractivity contribution < 1.29 is 18.8 Å². The number of hydrogen-bond acceptors (Lipinski definition) is 8. The average molecular weight is 447 g/mol. The summed E-state index contributed by atoms with van der Waals surface area (Å²) in [6.45, 7) is 2.81. The fraction of sp³-hybridized carbons (Fsp3) is 0.292. The van der Waals surface area contributed by atoms with E-state index in [1.54, 1.807) is 18.2 Å². The maximum atomic E-state index is 13.1. The average Bonchev–Trinajstić information content (AvgIpc) is 3.50. The topological polar surface area (TPSA) is 93.0 Å². The van der Waals surface area contributed by atoms with Crippen molar-refractivity contribution in [1.82, 2.24) is 25.5 Å². The molecule has 2 aliphatic rings. The first kappa shape index (κ1) is 21.0. The molecule has 1 aromatic heterocycles. The highest BCUT2D eigenvalue weighted by Gasteiger charge is 2.40. The summed E-state index contributed by atoms with van der Waals surface area (Å²) < 4.78 is 16.1. The minimum absolute atomic E-state index is 0.0115. The van der Waals surface area contributed by atoms with Crippen LogP contribution in [0.1, 0.15) is 30.8 Å². The molecule has 0 bridgehead atoms. The smallest absolute Gasteiger partial charge is 0.251 e. The molecular formula is C24H25N5O4. The summed E-state index contributed by atoms with van der Waals surface area (Å²) in [7, 11) is 1.62. The van der Waals surface area contributed by atoms with Gasteiger partial charge in [-0.3, -0.25) is 4.79 Å². The Morgan fingerprint density at radius 1 is 1.09 bits per heavy atom. The lowest BCUT2D eigenvalue weighted by molar-refractivity contribution is -0.135. The van der Waals surface area contributed by atoms with E-state index in [1.165, 1.54) is 0 Å². The third kappa shape index (κ3) is 4.27. The fourth-order valence-corrected chi connectivity index (χ4v) is 4.07. The molecular weight excluding hydrogens is 422 g/mol. The number of benzene rings is 2. The van der Waals surface area contributed by atoms with Crippen molar-refractivity contribution in [3.05, 3.63) is 72.4 Å². The van der Waals surface area contributed by atoms with Crippen molar-refractivity contribution in [3.63, 3.8) is 0 Å². The zero-order valence-electron chi connectivity index (χ0n) is 18.5. The Balaban J connectivity index is 1.24. The van der Waals surface area contributed by atoms with Crippen LogP contribution in [0.5, 0.6) is 11.5 Å². The van der Waals surface area contributed by atoms with Gasteiger partial charge in [-0.2, -0.15) is 4.98 Å². The Kier molecular flexibility index (Phi) is 5.70. The third-order valence-electron chi connectivity index (χ3n) is 5.79. The summed E-state index contributed by atoms with van der Waals surface area (Å²) in [6.07, 6.45) is 4.28. The first-order valence-corrected chi connectivity index (χ1v) is 10.9. The van der Waals surface area contributed by atoms with Crippen LogP contribution in [0.2, 0.25) is 0 Å². The van der Waals surface area contributed by atoms with Gasteiger partial charge in [-0.25, -0.2) is 5.43 Å². The van der Waals surface area contributed by atoms with Gasteiger partial charge in [0.1, 0.15) is 24.1 Å². The summed E-state index contributed by atoms with van der Waals surface area (Å²) in [5, 5.41) is 5.92. The molecule has 1 saturated heterocycles. The maximum absolute atomic E-state index is 13.1. The Bertz CT molecular complexity index is 1140. The van der Waals surface area contributed by atoms with E-state index in [-0.39, 0.29) is 24.5 Å². The molecule has 9 nitrogen and oxygen atoms in total. The third-order valence-corrected chi connectivity index (χ3v) is 5.79. The monoisotopic (exact) mass is 447 g/mol. The van der Waals surface area contributed by atoms with Crippen LogP contribution in [0, 0.1) is 0 Å². The Labute approximate surface area is 191 Å². The van der Waals surface area contributed by atoms with E-state index in [2.05, 4.69) is 15.6 Å². The second kappa shape index (κ2) is 8.95. The van der Waals surface area contributed by atoms with Crippen LogP contribution in [0.4, 0.5) is 0 Å². The molecule has 2 aromatic carbocycles. The van der Waals surface area contributed by atoms with Crippen LogP contribution in [-0.4, -0.2) is 45.7 Å². The van der Waals surface area contributed by atoms with Gasteiger partial charge in [0, 0.05) is 18.0 Å². The number of fused-ring (bicyclic) bond motifs is 1. The Morgan fingerprint density at radius 3 is 2.58 bits per heavy atom. The second-order valence-corrected chi connectivity index (χ2v) is 7.85. The van der Waals surface area contributed by atoms with Crippen LogP contribution in [0.3, 0.4) is 0 Å². The summed E-state index contributed by atoms with van der Waals surface area (Å²) in [6, 6.07) is 15.1. The zero-order chi connectivity index (χ0) is 22.8. The van der Waals surface area contributed by atoms with Crippen LogP contribution < -0.4 is 14.9 Å². The van der Waals surface area contributed by atoms with Gasteiger partial charge in [0.2, 0.25) is 11.7 Å². The highest BCUT2D eigenvalue weighted by molar-refractivity contribution is 5.84. The first-order chi connectivity index (χ1) is 16.1. The van der Waals surface area contributed by atoms with Crippen LogP contribution in [0.15, 0.2) is 65.5 Å². The van der Waals surface area contributed by atoms with Crippen molar-refractivity contribution in [2.75, 3.05) is 13.7 Å². The fourth-order valence-electron chi connectivity index (χ4n) is 4.07. The lowest BCUT2D eigenvalue weighted by atomic mass is 10.0. The van der Waals surface area contributed by atoms with Crippen molar-refractivity contribution in [2.45, 2.75) is 32.0 Å². The molecule has 3 aromatic rings. The first-order valence-electron chi connectivity index (χ1n) is 10.9. The van der Waals surface area contributed by atoms with Crippen molar-refractivity contribution in [2.24, 2.45) is 0 Å². The summed E-state index contributed by atoms with van der Waals surface area (Å²) >= 11 is 0. The van der Waals surface area contributed by atoms with Gasteiger partial charge >= 0.3 is 0 Å². The number of nitrogens with zero attached hydrogens (tertiary/aromatic N) is 4. The van der Waals surface area contributed by atoms with Gasteiger partial charge in [0.25, 0.3) is 5.91 Å². The molecule has 1 amide bonds. The molecule has 0 radical (unpaired) electrons. The Morgan fingerprint density at radius 2 is 1.85 bits per heavy atom. The number of rotatable bonds is 7. The molecule has 1 N–H and O–H groups in total. The lowest BCUT2D eigenvalue weighted by Crippen LogP contribution is -2.47. The number of hydrogen-bond donors (Lipinski definition) is 1.